The van der Waals surface area contributed by atoms with Gasteiger partial charge in [0.05, 0.1) is 7.11 Å². The number of benzene rings is 1. The summed E-state index contributed by atoms with van der Waals surface area (Å²) in [4.78, 5) is 15.9. The van der Waals surface area contributed by atoms with Crippen molar-refractivity contribution >= 4 is 12.2 Å². The van der Waals surface area contributed by atoms with Crippen molar-refractivity contribution in [3.63, 3.8) is 0 Å². The molecule has 0 saturated carbocycles. The van der Waals surface area contributed by atoms with Gasteiger partial charge in [0.1, 0.15) is 6.04 Å². The second kappa shape index (κ2) is 6.84. The molecule has 0 aliphatic rings. The molecule has 1 aromatic carbocycles. The summed E-state index contributed by atoms with van der Waals surface area (Å²) in [5, 5.41) is 0. The third-order valence-electron chi connectivity index (χ3n) is 2.81. The number of carbonyl (C=O) groups is 1. The summed E-state index contributed by atoms with van der Waals surface area (Å²) in [7, 11) is 1.40. The van der Waals surface area contributed by atoms with E-state index in [0.29, 0.717) is 0 Å². The molecule has 0 N–H and O–H groups in total. The second-order valence-electron chi connectivity index (χ2n) is 4.04. The predicted octanol–water partition coefficient (Wildman–Crippen LogP) is 2.69. The molecule has 2 atom stereocenters. The van der Waals surface area contributed by atoms with E-state index >= 15 is 0 Å². The monoisotopic (exact) mass is 233 g/mol. The molecular formula is C14H19NO2. The van der Waals surface area contributed by atoms with Crippen LogP contribution in [0.25, 0.3) is 0 Å². The molecular weight excluding hydrogens is 214 g/mol. The van der Waals surface area contributed by atoms with Gasteiger partial charge in [-0.25, -0.2) is 4.79 Å². The second-order valence-corrected chi connectivity index (χ2v) is 4.04. The first-order valence-electron chi connectivity index (χ1n) is 5.85. The lowest BCUT2D eigenvalue weighted by molar-refractivity contribution is -0.143. The lowest BCUT2D eigenvalue weighted by atomic mass is 10.00. The summed E-state index contributed by atoms with van der Waals surface area (Å²) >= 11 is 0. The van der Waals surface area contributed by atoms with Crippen molar-refractivity contribution in [2.75, 3.05) is 7.11 Å². The van der Waals surface area contributed by atoms with Crippen LogP contribution in [0.1, 0.15) is 25.8 Å². The van der Waals surface area contributed by atoms with Crippen LogP contribution in [0.5, 0.6) is 0 Å². The molecule has 3 heteroatoms. The fourth-order valence-electron chi connectivity index (χ4n) is 1.49. The first-order valence-corrected chi connectivity index (χ1v) is 5.85. The van der Waals surface area contributed by atoms with Gasteiger partial charge < -0.3 is 4.74 Å². The lowest BCUT2D eigenvalue weighted by Gasteiger charge is -2.16. The van der Waals surface area contributed by atoms with Crippen LogP contribution < -0.4 is 0 Å². The number of esters is 1. The molecule has 0 heterocycles. The van der Waals surface area contributed by atoms with E-state index in [1.165, 1.54) is 7.11 Å². The smallest absolute Gasteiger partial charge is 0.330 e. The van der Waals surface area contributed by atoms with E-state index in [-0.39, 0.29) is 11.9 Å². The van der Waals surface area contributed by atoms with Gasteiger partial charge in [-0.05, 0) is 11.5 Å². The zero-order valence-electron chi connectivity index (χ0n) is 10.6. The highest BCUT2D eigenvalue weighted by molar-refractivity contribution is 5.84. The molecule has 0 aliphatic heterocycles. The maximum atomic E-state index is 11.6. The first kappa shape index (κ1) is 13.4. The summed E-state index contributed by atoms with van der Waals surface area (Å²) in [6, 6.07) is 9.33. The van der Waals surface area contributed by atoms with Crippen molar-refractivity contribution < 1.29 is 9.53 Å². The van der Waals surface area contributed by atoms with Gasteiger partial charge in [0.25, 0.3) is 0 Å². The van der Waals surface area contributed by atoms with Crippen LogP contribution in [0, 0.1) is 5.92 Å². The largest absolute Gasteiger partial charge is 0.467 e. The summed E-state index contributed by atoms with van der Waals surface area (Å²) in [6.07, 6.45) is 2.62. The van der Waals surface area contributed by atoms with Crippen LogP contribution in [-0.4, -0.2) is 25.3 Å². The number of ether oxygens (including phenoxy) is 1. The van der Waals surface area contributed by atoms with E-state index < -0.39 is 6.04 Å². The zero-order chi connectivity index (χ0) is 12.7. The van der Waals surface area contributed by atoms with Gasteiger partial charge in [-0.1, -0.05) is 50.6 Å². The maximum absolute atomic E-state index is 11.6. The molecule has 0 spiro atoms. The standard InChI is InChI=1S/C14H19NO2/c1-4-11(2)13(14(16)17-3)15-10-12-8-6-5-7-9-12/h5-11,13H,4H2,1-3H3/t11-,13-/m0/s1. The topological polar surface area (TPSA) is 38.7 Å². The van der Waals surface area contributed by atoms with Crippen molar-refractivity contribution in [1.82, 2.24) is 0 Å². The van der Waals surface area contributed by atoms with E-state index in [2.05, 4.69) is 4.99 Å². The summed E-state index contributed by atoms with van der Waals surface area (Å²) in [6.45, 7) is 4.04. The molecule has 1 rings (SSSR count). The molecule has 0 radical (unpaired) electrons. The molecule has 0 saturated heterocycles. The molecule has 0 aromatic heterocycles. The van der Waals surface area contributed by atoms with E-state index in [1.54, 1.807) is 6.21 Å². The minimum atomic E-state index is -0.412. The van der Waals surface area contributed by atoms with E-state index in [9.17, 15) is 4.79 Å². The van der Waals surface area contributed by atoms with Gasteiger partial charge >= 0.3 is 5.97 Å². The Morgan fingerprint density at radius 3 is 2.59 bits per heavy atom. The highest BCUT2D eigenvalue weighted by Crippen LogP contribution is 2.13. The summed E-state index contributed by atoms with van der Waals surface area (Å²) < 4.78 is 4.77. The SMILES string of the molecule is CC[C@H](C)[C@H](N=Cc1ccccc1)C(=O)OC. The van der Waals surface area contributed by atoms with Gasteiger partial charge in [-0.2, -0.15) is 0 Å². The molecule has 0 fully saturated rings. The molecule has 0 aliphatic carbocycles. The number of rotatable bonds is 5. The Labute approximate surface area is 103 Å². The van der Waals surface area contributed by atoms with Crippen LogP contribution in [0.15, 0.2) is 35.3 Å². The third kappa shape index (κ3) is 4.02. The molecule has 0 amide bonds. The number of hydrogen-bond donors (Lipinski definition) is 0. The Morgan fingerprint density at radius 1 is 1.41 bits per heavy atom. The zero-order valence-corrected chi connectivity index (χ0v) is 10.6. The number of aliphatic imine (C=N–C) groups is 1. The van der Waals surface area contributed by atoms with Crippen LogP contribution in [-0.2, 0) is 9.53 Å². The number of nitrogens with zero attached hydrogens (tertiary/aromatic N) is 1. The Kier molecular flexibility index (Phi) is 5.40. The van der Waals surface area contributed by atoms with Crippen LogP contribution >= 0.6 is 0 Å². The maximum Gasteiger partial charge on any atom is 0.330 e. The fraction of sp³-hybridized carbons (Fsp3) is 0.429. The highest BCUT2D eigenvalue weighted by Gasteiger charge is 2.23. The summed E-state index contributed by atoms with van der Waals surface area (Å²) in [5.41, 5.74) is 0.990. The molecule has 0 bridgehead atoms. The fourth-order valence-corrected chi connectivity index (χ4v) is 1.49. The van der Waals surface area contributed by atoms with Gasteiger partial charge in [-0.3, -0.25) is 4.99 Å². The predicted molar refractivity (Wildman–Crippen MR) is 69.3 cm³/mol. The Bertz CT molecular complexity index is 373. The summed E-state index contributed by atoms with van der Waals surface area (Å²) in [5.74, 6) is -0.0889. The van der Waals surface area contributed by atoms with Gasteiger partial charge in [0.15, 0.2) is 0 Å². The third-order valence-corrected chi connectivity index (χ3v) is 2.81. The van der Waals surface area contributed by atoms with Gasteiger partial charge in [0, 0.05) is 6.21 Å². The Hall–Kier alpha value is -1.64. The Balaban J connectivity index is 2.79. The average molecular weight is 233 g/mol. The first-order chi connectivity index (χ1) is 8.19. The van der Waals surface area contributed by atoms with Crippen molar-refractivity contribution in [2.45, 2.75) is 26.3 Å². The quantitative estimate of drug-likeness (QED) is 0.579. The molecule has 17 heavy (non-hydrogen) atoms. The van der Waals surface area contributed by atoms with Crippen molar-refractivity contribution in [2.24, 2.45) is 10.9 Å². The highest BCUT2D eigenvalue weighted by atomic mass is 16.5. The van der Waals surface area contributed by atoms with E-state index in [1.807, 2.05) is 44.2 Å². The molecule has 92 valence electrons. The Morgan fingerprint density at radius 2 is 2.06 bits per heavy atom. The molecule has 0 unspecified atom stereocenters. The molecule has 3 nitrogen and oxygen atoms in total. The van der Waals surface area contributed by atoms with E-state index in [0.717, 1.165) is 12.0 Å². The van der Waals surface area contributed by atoms with Crippen molar-refractivity contribution in [3.05, 3.63) is 35.9 Å². The number of hydrogen-bond acceptors (Lipinski definition) is 3. The van der Waals surface area contributed by atoms with Gasteiger partial charge in [-0.15, -0.1) is 0 Å². The lowest BCUT2D eigenvalue weighted by Crippen LogP contribution is -2.27. The average Bonchev–Trinajstić information content (AvgIpc) is 2.39. The normalized spacial score (nSPS) is 14.5. The number of carbonyl (C=O) groups excluding carboxylic acids is 1. The number of methoxy groups -OCH3 is 1. The molecule has 1 aromatic rings. The van der Waals surface area contributed by atoms with Crippen LogP contribution in [0.3, 0.4) is 0 Å². The van der Waals surface area contributed by atoms with Gasteiger partial charge in [0.2, 0.25) is 0 Å². The van der Waals surface area contributed by atoms with Crippen LogP contribution in [0.2, 0.25) is 0 Å². The van der Waals surface area contributed by atoms with Crippen LogP contribution in [0.4, 0.5) is 0 Å². The van der Waals surface area contributed by atoms with Crippen molar-refractivity contribution in [1.29, 1.82) is 0 Å². The van der Waals surface area contributed by atoms with Crippen molar-refractivity contribution in [3.8, 4) is 0 Å². The van der Waals surface area contributed by atoms with E-state index in [4.69, 9.17) is 4.74 Å². The minimum Gasteiger partial charge on any atom is -0.467 e. The minimum absolute atomic E-state index is 0.183.